The quantitative estimate of drug-likeness (QED) is 0.319. The van der Waals surface area contributed by atoms with E-state index in [0.717, 1.165) is 0 Å². The second kappa shape index (κ2) is 9.20. The van der Waals surface area contributed by atoms with Gasteiger partial charge < -0.3 is 10.1 Å². The third kappa shape index (κ3) is 6.04. The van der Waals surface area contributed by atoms with Crippen LogP contribution in [-0.4, -0.2) is 34.2 Å². The molecule has 0 fully saturated rings. The van der Waals surface area contributed by atoms with Crippen LogP contribution in [0.3, 0.4) is 0 Å². The van der Waals surface area contributed by atoms with Crippen molar-refractivity contribution in [2.45, 2.75) is 43.4 Å². The summed E-state index contributed by atoms with van der Waals surface area (Å²) in [5.74, 6) is -1.25. The van der Waals surface area contributed by atoms with Crippen molar-refractivity contribution in [1.29, 1.82) is 5.26 Å². The molecule has 0 spiro atoms. The van der Waals surface area contributed by atoms with E-state index in [1.807, 2.05) is 6.07 Å². The highest BCUT2D eigenvalue weighted by Gasteiger charge is 2.30. The van der Waals surface area contributed by atoms with E-state index in [1.165, 1.54) is 23.9 Å². The summed E-state index contributed by atoms with van der Waals surface area (Å²) in [7, 11) is 0. The summed E-state index contributed by atoms with van der Waals surface area (Å²) in [6.45, 7) is 6.34. The Bertz CT molecular complexity index is 714. The molecule has 0 saturated heterocycles. The number of nitriles is 1. The van der Waals surface area contributed by atoms with Crippen LogP contribution in [0.1, 0.15) is 27.7 Å². The lowest BCUT2D eigenvalue weighted by atomic mass is 9.90. The zero-order chi connectivity index (χ0) is 19.9. The number of non-ortho nitro benzene ring substituents is 1. The molecular weight excluding hydrogens is 358 g/mol. The molecule has 140 valence electrons. The fourth-order valence-corrected chi connectivity index (χ4v) is 2.65. The predicted molar refractivity (Wildman–Crippen MR) is 96.4 cm³/mol. The Balaban J connectivity index is 2.53. The van der Waals surface area contributed by atoms with Crippen LogP contribution in [0.15, 0.2) is 29.2 Å². The molecule has 1 aromatic rings. The largest absolute Gasteiger partial charge is 0.455 e. The third-order valence-corrected chi connectivity index (χ3v) is 4.91. The zero-order valence-corrected chi connectivity index (χ0v) is 15.8. The lowest BCUT2D eigenvalue weighted by Crippen LogP contribution is -2.50. The van der Waals surface area contributed by atoms with Crippen molar-refractivity contribution >= 4 is 29.3 Å². The van der Waals surface area contributed by atoms with Crippen molar-refractivity contribution in [3.05, 3.63) is 34.4 Å². The number of carbonyl (C=O) groups excluding carboxylic acids is 2. The second-order valence-electron chi connectivity index (χ2n) is 6.14. The first kappa shape index (κ1) is 21.4. The Morgan fingerprint density at radius 2 is 1.92 bits per heavy atom. The number of benzene rings is 1. The van der Waals surface area contributed by atoms with Gasteiger partial charge in [0.25, 0.3) is 11.6 Å². The molecule has 26 heavy (non-hydrogen) atoms. The zero-order valence-electron chi connectivity index (χ0n) is 15.0. The number of esters is 1. The smallest absolute Gasteiger partial charge is 0.319 e. The van der Waals surface area contributed by atoms with Gasteiger partial charge in [-0.05, 0) is 31.9 Å². The SMILES string of the molecule is CC(C)[C@@](C)(C#N)NC(=O)COC(=O)[C@@H](C)Sc1ccc([N+](=O)[O-])cc1. The number of nitro benzene ring substituents is 1. The maximum absolute atomic E-state index is 12.0. The summed E-state index contributed by atoms with van der Waals surface area (Å²) in [5, 5.41) is 21.7. The Labute approximate surface area is 156 Å². The Morgan fingerprint density at radius 1 is 1.35 bits per heavy atom. The van der Waals surface area contributed by atoms with Crippen molar-refractivity contribution in [2.24, 2.45) is 5.92 Å². The van der Waals surface area contributed by atoms with E-state index in [4.69, 9.17) is 4.74 Å². The Kier molecular flexibility index (Phi) is 7.58. The molecule has 1 aromatic carbocycles. The van der Waals surface area contributed by atoms with Gasteiger partial charge in [0.1, 0.15) is 10.8 Å². The number of rotatable bonds is 8. The summed E-state index contributed by atoms with van der Waals surface area (Å²) in [6, 6.07) is 7.82. The lowest BCUT2D eigenvalue weighted by molar-refractivity contribution is -0.384. The van der Waals surface area contributed by atoms with Crippen molar-refractivity contribution < 1.29 is 19.2 Å². The molecule has 2 atom stereocenters. The minimum atomic E-state index is -1.04. The minimum absolute atomic E-state index is 0.0352. The minimum Gasteiger partial charge on any atom is -0.455 e. The molecule has 1 amide bonds. The highest BCUT2D eigenvalue weighted by atomic mass is 32.2. The molecule has 0 radical (unpaired) electrons. The van der Waals surface area contributed by atoms with Gasteiger partial charge >= 0.3 is 5.97 Å². The molecule has 0 heterocycles. The summed E-state index contributed by atoms with van der Waals surface area (Å²) in [6.07, 6.45) is 0. The number of hydrogen-bond donors (Lipinski definition) is 1. The van der Waals surface area contributed by atoms with E-state index in [9.17, 15) is 25.0 Å². The van der Waals surface area contributed by atoms with E-state index in [2.05, 4.69) is 5.32 Å². The molecule has 1 N–H and O–H groups in total. The van der Waals surface area contributed by atoms with Gasteiger partial charge in [-0.15, -0.1) is 11.8 Å². The van der Waals surface area contributed by atoms with Gasteiger partial charge in [-0.2, -0.15) is 5.26 Å². The molecule has 0 aliphatic heterocycles. The second-order valence-corrected chi connectivity index (χ2v) is 7.55. The van der Waals surface area contributed by atoms with Crippen LogP contribution < -0.4 is 5.32 Å². The Hall–Kier alpha value is -2.60. The van der Waals surface area contributed by atoms with Crippen LogP contribution in [0, 0.1) is 27.4 Å². The maximum Gasteiger partial charge on any atom is 0.319 e. The van der Waals surface area contributed by atoms with E-state index in [0.29, 0.717) is 4.90 Å². The number of thioether (sulfide) groups is 1. The maximum atomic E-state index is 12.0. The fourth-order valence-electron chi connectivity index (χ4n) is 1.78. The summed E-state index contributed by atoms with van der Waals surface area (Å²) in [4.78, 5) is 34.7. The first-order valence-electron chi connectivity index (χ1n) is 7.89. The molecule has 8 nitrogen and oxygen atoms in total. The van der Waals surface area contributed by atoms with Crippen molar-refractivity contribution in [3.63, 3.8) is 0 Å². The Morgan fingerprint density at radius 3 is 2.38 bits per heavy atom. The fraction of sp³-hybridized carbons (Fsp3) is 0.471. The molecule has 0 aliphatic rings. The predicted octanol–water partition coefficient (Wildman–Crippen LogP) is 2.67. The van der Waals surface area contributed by atoms with Gasteiger partial charge in [0.05, 0.1) is 11.0 Å². The summed E-state index contributed by atoms with van der Waals surface area (Å²) >= 11 is 1.17. The first-order valence-corrected chi connectivity index (χ1v) is 8.77. The highest BCUT2D eigenvalue weighted by Crippen LogP contribution is 2.26. The van der Waals surface area contributed by atoms with E-state index >= 15 is 0 Å². The number of amides is 1. The molecule has 0 aliphatic carbocycles. The third-order valence-electron chi connectivity index (χ3n) is 3.82. The van der Waals surface area contributed by atoms with Gasteiger partial charge in [0.15, 0.2) is 6.61 Å². The van der Waals surface area contributed by atoms with Crippen LogP contribution in [0.4, 0.5) is 5.69 Å². The molecule has 9 heteroatoms. The first-order chi connectivity index (χ1) is 12.1. The topological polar surface area (TPSA) is 122 Å². The molecular formula is C17H21N3O5S. The molecule has 0 bridgehead atoms. The van der Waals surface area contributed by atoms with E-state index in [-0.39, 0.29) is 11.6 Å². The average molecular weight is 379 g/mol. The average Bonchev–Trinajstić information content (AvgIpc) is 2.59. The number of ether oxygens (including phenoxy) is 1. The van der Waals surface area contributed by atoms with Crippen LogP contribution in [0.5, 0.6) is 0 Å². The van der Waals surface area contributed by atoms with E-state index < -0.39 is 34.2 Å². The van der Waals surface area contributed by atoms with Gasteiger partial charge in [-0.3, -0.25) is 19.7 Å². The van der Waals surface area contributed by atoms with Gasteiger partial charge in [-0.25, -0.2) is 0 Å². The summed E-state index contributed by atoms with van der Waals surface area (Å²) < 4.78 is 4.98. The van der Waals surface area contributed by atoms with Crippen LogP contribution >= 0.6 is 11.8 Å². The molecule has 0 saturated carbocycles. The normalized spacial score (nSPS) is 14.0. The number of nitro groups is 1. The van der Waals surface area contributed by atoms with Crippen LogP contribution in [0.2, 0.25) is 0 Å². The monoisotopic (exact) mass is 379 g/mol. The van der Waals surface area contributed by atoms with Crippen LogP contribution in [0.25, 0.3) is 0 Å². The van der Waals surface area contributed by atoms with Gasteiger partial charge in [0.2, 0.25) is 0 Å². The highest BCUT2D eigenvalue weighted by molar-refractivity contribution is 8.00. The van der Waals surface area contributed by atoms with Crippen molar-refractivity contribution in [2.75, 3.05) is 6.61 Å². The number of nitrogens with zero attached hydrogens (tertiary/aromatic N) is 2. The van der Waals surface area contributed by atoms with Crippen molar-refractivity contribution in [1.82, 2.24) is 5.32 Å². The number of hydrogen-bond acceptors (Lipinski definition) is 7. The standard InChI is InChI=1S/C17H21N3O5S/c1-11(2)17(4,10-18)19-15(21)9-25-16(22)12(3)26-14-7-5-13(6-8-14)20(23)24/h5-8,11-12H,9H2,1-4H3,(H,19,21)/t12-,17-/m1/s1. The number of carbonyl (C=O) groups is 2. The van der Waals surface area contributed by atoms with Gasteiger partial charge in [0, 0.05) is 17.0 Å². The number of nitrogens with one attached hydrogen (secondary N) is 1. The molecule has 1 rings (SSSR count). The molecule has 0 unspecified atom stereocenters. The van der Waals surface area contributed by atoms with E-state index in [1.54, 1.807) is 39.8 Å². The lowest BCUT2D eigenvalue weighted by Gasteiger charge is -2.27. The molecule has 0 aromatic heterocycles. The van der Waals surface area contributed by atoms with Gasteiger partial charge in [-0.1, -0.05) is 13.8 Å². The summed E-state index contributed by atoms with van der Waals surface area (Å²) in [5.41, 5.74) is -1.07. The van der Waals surface area contributed by atoms with Crippen molar-refractivity contribution in [3.8, 4) is 6.07 Å². The van der Waals surface area contributed by atoms with Crippen LogP contribution in [-0.2, 0) is 14.3 Å².